The number of quaternary nitrogens is 1. The highest BCUT2D eigenvalue weighted by molar-refractivity contribution is 7.47. The first-order chi connectivity index (χ1) is 9.66. The second kappa shape index (κ2) is 10.1. The average molecular weight is 324 g/mol. The maximum atomic E-state index is 11.5. The highest BCUT2D eigenvalue weighted by atomic mass is 31.2. The summed E-state index contributed by atoms with van der Waals surface area (Å²) in [6.07, 6.45) is 2.80. The Morgan fingerprint density at radius 2 is 1.67 bits per heavy atom. The van der Waals surface area contributed by atoms with Crippen LogP contribution >= 0.6 is 7.82 Å². The molecule has 1 atom stereocenters. The third-order valence-electron chi connectivity index (χ3n) is 2.43. The lowest BCUT2D eigenvalue weighted by atomic mass is 10.3. The monoisotopic (exact) mass is 324 g/mol. The Morgan fingerprint density at radius 1 is 1.14 bits per heavy atom. The molecule has 0 amide bonds. The number of esters is 1. The Kier molecular flexibility index (Phi) is 9.74. The van der Waals surface area contributed by atoms with Gasteiger partial charge in [0.05, 0.1) is 47.5 Å². The number of ether oxygens (including phenoxy) is 1. The summed E-state index contributed by atoms with van der Waals surface area (Å²) in [5, 5.41) is 0. The number of hydrogen-bond acceptors (Lipinski definition) is 5. The number of phosphoric ester groups is 1. The summed E-state index contributed by atoms with van der Waals surface area (Å²) >= 11 is 0. The SMILES string of the molecule is C=CC(=O)OCCCCOP(=O)(O)OCCC[N+](C)(C)C. The standard InChI is InChI=1S/C13H26NO6P/c1-5-13(15)18-10-6-7-11-19-21(16,17)20-12-8-9-14(2,3)4/h5H,1,6-12H2,2-4H3/p+1. The van der Waals surface area contributed by atoms with Crippen LogP contribution in [0.2, 0.25) is 0 Å². The van der Waals surface area contributed by atoms with E-state index in [0.29, 0.717) is 19.3 Å². The first-order valence-electron chi connectivity index (χ1n) is 6.88. The van der Waals surface area contributed by atoms with Gasteiger partial charge in [0.15, 0.2) is 0 Å². The van der Waals surface area contributed by atoms with Gasteiger partial charge in [-0.1, -0.05) is 6.58 Å². The first-order valence-corrected chi connectivity index (χ1v) is 8.37. The molecular formula is C13H27NO6P+. The molecule has 0 aromatic heterocycles. The van der Waals surface area contributed by atoms with Gasteiger partial charge in [0, 0.05) is 12.5 Å². The zero-order valence-corrected chi connectivity index (χ0v) is 14.0. The van der Waals surface area contributed by atoms with Crippen LogP contribution in [0.3, 0.4) is 0 Å². The maximum absolute atomic E-state index is 11.5. The summed E-state index contributed by atoms with van der Waals surface area (Å²) in [4.78, 5) is 20.2. The quantitative estimate of drug-likeness (QED) is 0.194. The van der Waals surface area contributed by atoms with E-state index in [1.807, 2.05) is 21.1 Å². The van der Waals surface area contributed by atoms with E-state index in [9.17, 15) is 14.3 Å². The number of rotatable bonds is 12. The molecule has 0 heterocycles. The molecule has 0 spiro atoms. The smallest absolute Gasteiger partial charge is 0.463 e. The van der Waals surface area contributed by atoms with Gasteiger partial charge in [-0.3, -0.25) is 9.05 Å². The van der Waals surface area contributed by atoms with Crippen LogP contribution in [0, 0.1) is 0 Å². The summed E-state index contributed by atoms with van der Waals surface area (Å²) in [7, 11) is 2.13. The normalized spacial score (nSPS) is 14.5. The van der Waals surface area contributed by atoms with Crippen LogP contribution in [0.1, 0.15) is 19.3 Å². The summed E-state index contributed by atoms with van der Waals surface area (Å²) in [6, 6.07) is 0. The first kappa shape index (κ1) is 20.3. The highest BCUT2D eigenvalue weighted by Gasteiger charge is 2.20. The van der Waals surface area contributed by atoms with Crippen LogP contribution in [0.5, 0.6) is 0 Å². The lowest BCUT2D eigenvalue weighted by Gasteiger charge is -2.23. The molecule has 0 aromatic carbocycles. The minimum atomic E-state index is -3.98. The summed E-state index contributed by atoms with van der Waals surface area (Å²) in [6.45, 7) is 4.60. The van der Waals surface area contributed by atoms with Gasteiger partial charge in [-0.05, 0) is 12.8 Å². The highest BCUT2D eigenvalue weighted by Crippen LogP contribution is 2.43. The predicted molar refractivity (Wildman–Crippen MR) is 79.6 cm³/mol. The molecule has 0 saturated carbocycles. The van der Waals surface area contributed by atoms with E-state index in [1.54, 1.807) is 0 Å². The van der Waals surface area contributed by atoms with Crippen LogP contribution in [-0.2, 0) is 23.1 Å². The van der Waals surface area contributed by atoms with Crippen molar-refractivity contribution in [3.63, 3.8) is 0 Å². The number of hydrogen-bond donors (Lipinski definition) is 1. The molecule has 0 aliphatic heterocycles. The van der Waals surface area contributed by atoms with Crippen molar-refractivity contribution in [3.05, 3.63) is 12.7 Å². The van der Waals surface area contributed by atoms with Crippen molar-refractivity contribution in [2.45, 2.75) is 19.3 Å². The van der Waals surface area contributed by atoms with E-state index in [4.69, 9.17) is 13.8 Å². The number of phosphoric acid groups is 1. The van der Waals surface area contributed by atoms with Crippen molar-refractivity contribution in [1.82, 2.24) is 0 Å². The second-order valence-corrected chi connectivity index (χ2v) is 7.03. The van der Waals surface area contributed by atoms with Gasteiger partial charge >= 0.3 is 13.8 Å². The lowest BCUT2D eigenvalue weighted by molar-refractivity contribution is -0.870. The van der Waals surface area contributed by atoms with Crippen molar-refractivity contribution < 1.29 is 32.5 Å². The van der Waals surface area contributed by atoms with Gasteiger partial charge in [-0.15, -0.1) is 0 Å². The third-order valence-corrected chi connectivity index (χ3v) is 3.45. The van der Waals surface area contributed by atoms with Crippen molar-refractivity contribution in [3.8, 4) is 0 Å². The molecule has 1 unspecified atom stereocenters. The Bertz CT molecular complexity index is 366. The van der Waals surface area contributed by atoms with Crippen LogP contribution in [0.4, 0.5) is 0 Å². The van der Waals surface area contributed by atoms with Gasteiger partial charge in [0.25, 0.3) is 0 Å². The maximum Gasteiger partial charge on any atom is 0.472 e. The number of carbonyl (C=O) groups is 1. The number of unbranched alkanes of at least 4 members (excludes halogenated alkanes) is 1. The van der Waals surface area contributed by atoms with Gasteiger partial charge in [-0.2, -0.15) is 0 Å². The summed E-state index contributed by atoms with van der Waals surface area (Å²) in [5.74, 6) is -0.482. The second-order valence-electron chi connectivity index (χ2n) is 5.58. The van der Waals surface area contributed by atoms with Gasteiger partial charge in [-0.25, -0.2) is 9.36 Å². The minimum absolute atomic E-state index is 0.0781. The number of carbonyl (C=O) groups excluding carboxylic acids is 1. The van der Waals surface area contributed by atoms with E-state index in [-0.39, 0.29) is 19.8 Å². The topological polar surface area (TPSA) is 82.1 Å². The van der Waals surface area contributed by atoms with Crippen molar-refractivity contribution in [2.24, 2.45) is 0 Å². The van der Waals surface area contributed by atoms with Gasteiger partial charge in [0.1, 0.15) is 0 Å². The van der Waals surface area contributed by atoms with Gasteiger partial charge in [0.2, 0.25) is 0 Å². The fourth-order valence-corrected chi connectivity index (χ4v) is 2.17. The molecule has 0 bridgehead atoms. The molecule has 0 aromatic rings. The Hall–Kier alpha value is -0.720. The molecule has 21 heavy (non-hydrogen) atoms. The molecule has 0 aliphatic carbocycles. The van der Waals surface area contributed by atoms with E-state index in [2.05, 4.69) is 6.58 Å². The zero-order chi connectivity index (χ0) is 16.4. The molecule has 1 N–H and O–H groups in total. The molecular weight excluding hydrogens is 297 g/mol. The summed E-state index contributed by atoms with van der Waals surface area (Å²) < 4.78 is 26.7. The largest absolute Gasteiger partial charge is 0.472 e. The fraction of sp³-hybridized carbons (Fsp3) is 0.769. The molecule has 0 rings (SSSR count). The van der Waals surface area contributed by atoms with Crippen molar-refractivity contribution in [1.29, 1.82) is 0 Å². The minimum Gasteiger partial charge on any atom is -0.463 e. The zero-order valence-electron chi connectivity index (χ0n) is 13.1. The van der Waals surface area contributed by atoms with Crippen LogP contribution < -0.4 is 0 Å². The van der Waals surface area contributed by atoms with Crippen molar-refractivity contribution >= 4 is 13.8 Å². The molecule has 7 nitrogen and oxygen atoms in total. The fourth-order valence-electron chi connectivity index (χ4n) is 1.37. The van der Waals surface area contributed by atoms with E-state index in [0.717, 1.165) is 17.1 Å². The summed E-state index contributed by atoms with van der Waals surface area (Å²) in [5.41, 5.74) is 0. The lowest BCUT2D eigenvalue weighted by Crippen LogP contribution is -2.35. The van der Waals surface area contributed by atoms with Gasteiger partial charge < -0.3 is 14.1 Å². The molecule has 0 fully saturated rings. The average Bonchev–Trinajstić information content (AvgIpc) is 2.37. The third kappa shape index (κ3) is 14.0. The molecule has 8 heteroatoms. The Labute approximate surface area is 126 Å². The van der Waals surface area contributed by atoms with E-state index < -0.39 is 13.8 Å². The van der Waals surface area contributed by atoms with Crippen LogP contribution in [0.15, 0.2) is 12.7 Å². The molecule has 0 saturated heterocycles. The molecule has 0 radical (unpaired) electrons. The van der Waals surface area contributed by atoms with Crippen molar-refractivity contribution in [2.75, 3.05) is 47.5 Å². The predicted octanol–water partition coefficient (Wildman–Crippen LogP) is 1.73. The van der Waals surface area contributed by atoms with E-state index >= 15 is 0 Å². The molecule has 124 valence electrons. The Balaban J connectivity index is 3.62. The molecule has 0 aliphatic rings. The van der Waals surface area contributed by atoms with Crippen LogP contribution in [-0.4, -0.2) is 62.9 Å². The Morgan fingerprint density at radius 3 is 2.19 bits per heavy atom. The van der Waals surface area contributed by atoms with Crippen LogP contribution in [0.25, 0.3) is 0 Å². The van der Waals surface area contributed by atoms with E-state index in [1.165, 1.54) is 0 Å². The number of nitrogens with zero attached hydrogens (tertiary/aromatic N) is 1.